The first kappa shape index (κ1) is 11.8. The second kappa shape index (κ2) is 6.30. The summed E-state index contributed by atoms with van der Waals surface area (Å²) in [5, 5.41) is 16.4. The average Bonchev–Trinajstić information content (AvgIpc) is 2.19. The molecule has 0 saturated carbocycles. The maximum Gasteiger partial charge on any atom is 0.337 e. The van der Waals surface area contributed by atoms with Crippen molar-refractivity contribution < 1.29 is 15.1 Å². The first-order valence-corrected chi connectivity index (χ1v) is 3.43. The van der Waals surface area contributed by atoms with Gasteiger partial charge < -0.3 is 10.3 Å². The van der Waals surface area contributed by atoms with Crippen LogP contribution in [0.1, 0.15) is 15.9 Å². The zero-order chi connectivity index (χ0) is 11.0. The van der Waals surface area contributed by atoms with Crippen LogP contribution in [0.4, 0.5) is 0 Å². The van der Waals surface area contributed by atoms with Crippen LogP contribution in [-0.2, 0) is 0 Å². The fourth-order valence-corrected chi connectivity index (χ4v) is 0.686. The fourth-order valence-electron chi connectivity index (χ4n) is 0.686. The molecule has 0 amide bonds. The van der Waals surface area contributed by atoms with Gasteiger partial charge in [-0.3, -0.25) is 4.98 Å². The molecule has 0 spiro atoms. The van der Waals surface area contributed by atoms with E-state index in [-0.39, 0.29) is 5.56 Å². The summed E-state index contributed by atoms with van der Waals surface area (Å²) in [5.41, 5.74) is 0.896. The molecule has 1 rings (SSSR count). The zero-order valence-corrected chi connectivity index (χ0v) is 7.12. The van der Waals surface area contributed by atoms with Crippen LogP contribution >= 0.6 is 0 Å². The minimum absolute atomic E-state index is 0.183. The summed E-state index contributed by atoms with van der Waals surface area (Å²) in [4.78, 5) is 22.2. The van der Waals surface area contributed by atoms with Crippen LogP contribution < -0.4 is 0 Å². The molecule has 0 saturated heterocycles. The molecule has 0 aliphatic heterocycles. The Bertz CT molecular complexity index is 338. The largest absolute Gasteiger partial charge is 0.478 e. The summed E-state index contributed by atoms with van der Waals surface area (Å²) in [6, 6.07) is 1.52. The molecule has 2 N–H and O–H groups in total. The normalized spacial score (nSPS) is 8.00. The molecule has 0 aliphatic carbocycles. The number of rotatable bonds is 2. The van der Waals surface area contributed by atoms with E-state index in [1.54, 1.807) is 12.3 Å². The molecule has 0 atom stereocenters. The molecule has 74 valence electrons. The highest BCUT2D eigenvalue weighted by atomic mass is 16.6. The third-order valence-corrected chi connectivity index (χ3v) is 1.24. The standard InChI is InChI=1S/C8H7NO2.HNO2/c1-2-6-3-7(8(10)11)5-9-4-6;2-1-3/h2-5H,1H2,(H,10,11);(H,2,3). The van der Waals surface area contributed by atoms with Gasteiger partial charge >= 0.3 is 5.97 Å². The predicted octanol–water partition coefficient (Wildman–Crippen LogP) is 1.56. The summed E-state index contributed by atoms with van der Waals surface area (Å²) >= 11 is 0. The van der Waals surface area contributed by atoms with Crippen molar-refractivity contribution >= 4 is 12.0 Å². The van der Waals surface area contributed by atoms with E-state index in [2.05, 4.69) is 11.6 Å². The van der Waals surface area contributed by atoms with Gasteiger partial charge in [0.15, 0.2) is 5.34 Å². The second-order valence-electron chi connectivity index (χ2n) is 2.10. The molecule has 0 fully saturated rings. The highest BCUT2D eigenvalue weighted by molar-refractivity contribution is 5.87. The van der Waals surface area contributed by atoms with E-state index in [1.165, 1.54) is 17.6 Å². The summed E-state index contributed by atoms with van der Waals surface area (Å²) in [7, 11) is 0. The predicted molar refractivity (Wildman–Crippen MR) is 48.9 cm³/mol. The average molecular weight is 196 g/mol. The molecule has 6 nitrogen and oxygen atoms in total. The van der Waals surface area contributed by atoms with Gasteiger partial charge in [-0.2, -0.15) is 0 Å². The van der Waals surface area contributed by atoms with Crippen molar-refractivity contribution in [3.63, 3.8) is 0 Å². The molecular weight excluding hydrogens is 188 g/mol. The van der Waals surface area contributed by atoms with Crippen molar-refractivity contribution in [1.82, 2.24) is 4.98 Å². The van der Waals surface area contributed by atoms with Gasteiger partial charge in [-0.25, -0.2) is 4.79 Å². The van der Waals surface area contributed by atoms with Gasteiger partial charge in [0.25, 0.3) is 0 Å². The second-order valence-corrected chi connectivity index (χ2v) is 2.10. The van der Waals surface area contributed by atoms with Crippen molar-refractivity contribution in [2.24, 2.45) is 5.34 Å². The highest BCUT2D eigenvalue weighted by Gasteiger charge is 2.01. The number of hydrogen-bond donors (Lipinski definition) is 2. The summed E-state index contributed by atoms with van der Waals surface area (Å²) in [5.74, 6) is -0.971. The van der Waals surface area contributed by atoms with Crippen molar-refractivity contribution in [3.05, 3.63) is 41.1 Å². The first-order chi connectivity index (χ1) is 6.65. The molecule has 0 unspecified atom stereocenters. The Kier molecular flexibility index (Phi) is 5.29. The number of carbonyl (C=O) groups is 1. The summed E-state index contributed by atoms with van der Waals surface area (Å²) in [6.45, 7) is 3.50. The van der Waals surface area contributed by atoms with Gasteiger partial charge in [-0.1, -0.05) is 12.7 Å². The van der Waals surface area contributed by atoms with E-state index in [9.17, 15) is 4.79 Å². The number of carboxylic acid groups (broad SMARTS) is 1. The lowest BCUT2D eigenvalue weighted by Gasteiger charge is -1.93. The maximum absolute atomic E-state index is 10.4. The molecule has 0 aromatic carbocycles. The van der Waals surface area contributed by atoms with Crippen molar-refractivity contribution in [2.75, 3.05) is 0 Å². The van der Waals surface area contributed by atoms with Gasteiger partial charge in [0.1, 0.15) is 0 Å². The molecule has 6 heteroatoms. The lowest BCUT2D eigenvalue weighted by atomic mass is 10.2. The summed E-state index contributed by atoms with van der Waals surface area (Å²) < 4.78 is 0. The number of aromatic carboxylic acids is 1. The Morgan fingerprint density at radius 1 is 1.57 bits per heavy atom. The van der Waals surface area contributed by atoms with Crippen molar-refractivity contribution in [3.8, 4) is 0 Å². The van der Waals surface area contributed by atoms with Gasteiger partial charge in [-0.05, 0) is 11.6 Å². The van der Waals surface area contributed by atoms with Crippen molar-refractivity contribution in [2.45, 2.75) is 0 Å². The van der Waals surface area contributed by atoms with E-state index < -0.39 is 5.97 Å². The minimum Gasteiger partial charge on any atom is -0.478 e. The third kappa shape index (κ3) is 3.96. The Morgan fingerprint density at radius 3 is 2.57 bits per heavy atom. The van der Waals surface area contributed by atoms with Crippen LogP contribution in [0.15, 0.2) is 30.4 Å². The monoisotopic (exact) mass is 196 g/mol. The van der Waals surface area contributed by atoms with Crippen LogP contribution in [0.2, 0.25) is 0 Å². The Labute approximate surface area is 79.5 Å². The van der Waals surface area contributed by atoms with E-state index in [1.807, 2.05) is 0 Å². The SMILES string of the molecule is C=Cc1cncc(C(=O)O)c1.O=NO. The number of nitrogens with zero attached hydrogens (tertiary/aromatic N) is 2. The van der Waals surface area contributed by atoms with Crippen molar-refractivity contribution in [1.29, 1.82) is 0 Å². The summed E-state index contributed by atoms with van der Waals surface area (Å²) in [6.07, 6.45) is 4.41. The Hall–Kier alpha value is -2.24. The molecule has 1 heterocycles. The van der Waals surface area contributed by atoms with E-state index in [0.717, 1.165) is 0 Å². The molecule has 14 heavy (non-hydrogen) atoms. The van der Waals surface area contributed by atoms with Gasteiger partial charge in [0, 0.05) is 12.4 Å². The van der Waals surface area contributed by atoms with E-state index >= 15 is 0 Å². The lowest BCUT2D eigenvalue weighted by Crippen LogP contribution is -1.96. The number of carboxylic acids is 1. The van der Waals surface area contributed by atoms with Crippen LogP contribution in [0.3, 0.4) is 0 Å². The van der Waals surface area contributed by atoms with Gasteiger partial charge in [-0.15, -0.1) is 4.91 Å². The first-order valence-electron chi connectivity index (χ1n) is 3.43. The van der Waals surface area contributed by atoms with Gasteiger partial charge in [0.2, 0.25) is 0 Å². The van der Waals surface area contributed by atoms with Crippen LogP contribution in [0.5, 0.6) is 0 Å². The van der Waals surface area contributed by atoms with Gasteiger partial charge in [0.05, 0.1) is 5.56 Å². The topological polar surface area (TPSA) is 99.8 Å². The smallest absolute Gasteiger partial charge is 0.337 e. The zero-order valence-electron chi connectivity index (χ0n) is 7.12. The van der Waals surface area contributed by atoms with E-state index in [4.69, 9.17) is 15.2 Å². The molecule has 1 aromatic rings. The molecular formula is C8H8N2O4. The van der Waals surface area contributed by atoms with Crippen LogP contribution in [-0.4, -0.2) is 21.3 Å². The van der Waals surface area contributed by atoms with Crippen LogP contribution in [0, 0.1) is 4.91 Å². The van der Waals surface area contributed by atoms with Crippen LogP contribution in [0.25, 0.3) is 6.08 Å². The number of pyridine rings is 1. The molecule has 0 radical (unpaired) electrons. The number of hydrogen-bond acceptors (Lipinski definition) is 4. The number of aromatic nitrogens is 1. The Balaban J connectivity index is 0.000000500. The quantitative estimate of drug-likeness (QED) is 0.552. The molecule has 0 aliphatic rings. The third-order valence-electron chi connectivity index (χ3n) is 1.24. The highest BCUT2D eigenvalue weighted by Crippen LogP contribution is 2.02. The maximum atomic E-state index is 10.4. The lowest BCUT2D eigenvalue weighted by molar-refractivity contribution is 0.0696. The minimum atomic E-state index is -0.971. The molecule has 0 bridgehead atoms. The Morgan fingerprint density at radius 2 is 2.14 bits per heavy atom. The molecule has 1 aromatic heterocycles. The van der Waals surface area contributed by atoms with E-state index in [0.29, 0.717) is 5.56 Å². The fraction of sp³-hybridized carbons (Fsp3) is 0.